The SMILES string of the molecule is CCOC(=O)CC(CCc1cn(C)nn1)c1ccc(C)c(CN2C[C@@H](C)Oc3ccccc3S2(=O)=O)c1. The van der Waals surface area contributed by atoms with Crippen molar-refractivity contribution in [2.45, 2.75) is 63.5 Å². The summed E-state index contributed by atoms with van der Waals surface area (Å²) in [5.41, 5.74) is 3.69. The molecule has 2 aromatic carbocycles. The van der Waals surface area contributed by atoms with E-state index in [4.69, 9.17) is 9.47 Å². The zero-order valence-electron chi connectivity index (χ0n) is 21.8. The third-order valence-corrected chi connectivity index (χ3v) is 8.42. The van der Waals surface area contributed by atoms with Crippen LogP contribution >= 0.6 is 0 Å². The zero-order valence-corrected chi connectivity index (χ0v) is 22.6. The summed E-state index contributed by atoms with van der Waals surface area (Å²) < 4.78 is 41.4. The maximum Gasteiger partial charge on any atom is 0.306 e. The van der Waals surface area contributed by atoms with Gasteiger partial charge in [-0.15, -0.1) is 5.10 Å². The number of aromatic nitrogens is 3. The van der Waals surface area contributed by atoms with Crippen LogP contribution in [0, 0.1) is 6.92 Å². The fourth-order valence-electron chi connectivity index (χ4n) is 4.63. The van der Waals surface area contributed by atoms with Crippen molar-refractivity contribution >= 4 is 16.0 Å². The van der Waals surface area contributed by atoms with E-state index in [1.165, 1.54) is 4.31 Å². The number of benzene rings is 2. The smallest absolute Gasteiger partial charge is 0.306 e. The molecule has 1 unspecified atom stereocenters. The van der Waals surface area contributed by atoms with Gasteiger partial charge in [-0.1, -0.05) is 35.5 Å². The molecule has 1 aliphatic rings. The van der Waals surface area contributed by atoms with Crippen LogP contribution in [-0.4, -0.2) is 52.9 Å². The molecule has 10 heteroatoms. The van der Waals surface area contributed by atoms with Gasteiger partial charge in [-0.2, -0.15) is 4.31 Å². The Morgan fingerprint density at radius 3 is 2.76 bits per heavy atom. The average Bonchev–Trinajstić information content (AvgIpc) is 3.24. The van der Waals surface area contributed by atoms with Gasteiger partial charge >= 0.3 is 5.97 Å². The molecule has 0 N–H and O–H groups in total. The summed E-state index contributed by atoms with van der Waals surface area (Å²) in [5, 5.41) is 8.16. The number of carbonyl (C=O) groups excluding carboxylic acids is 1. The van der Waals surface area contributed by atoms with Gasteiger partial charge in [-0.25, -0.2) is 8.42 Å². The van der Waals surface area contributed by atoms with Crippen LogP contribution in [0.25, 0.3) is 0 Å². The molecule has 2 atom stereocenters. The monoisotopic (exact) mass is 526 g/mol. The molecule has 4 rings (SSSR count). The van der Waals surface area contributed by atoms with E-state index >= 15 is 0 Å². The summed E-state index contributed by atoms with van der Waals surface area (Å²) in [7, 11) is -1.93. The molecule has 37 heavy (non-hydrogen) atoms. The molecule has 0 amide bonds. The van der Waals surface area contributed by atoms with Crippen molar-refractivity contribution < 1.29 is 22.7 Å². The quantitative estimate of drug-likeness (QED) is 0.391. The third-order valence-electron chi connectivity index (χ3n) is 6.56. The Hall–Kier alpha value is -3.24. The number of carbonyl (C=O) groups is 1. The number of rotatable bonds is 9. The highest BCUT2D eigenvalue weighted by atomic mass is 32.2. The number of esters is 1. The minimum atomic E-state index is -3.75. The highest BCUT2D eigenvalue weighted by Gasteiger charge is 2.33. The molecule has 2 heterocycles. The normalized spacial score (nSPS) is 17.9. The predicted octanol–water partition coefficient (Wildman–Crippen LogP) is 3.76. The van der Waals surface area contributed by atoms with Crippen molar-refractivity contribution in [1.82, 2.24) is 19.3 Å². The molecular formula is C27H34N4O5S. The lowest BCUT2D eigenvalue weighted by molar-refractivity contribution is -0.143. The predicted molar refractivity (Wildman–Crippen MR) is 139 cm³/mol. The second-order valence-corrected chi connectivity index (χ2v) is 11.4. The lowest BCUT2D eigenvalue weighted by Crippen LogP contribution is -2.35. The topological polar surface area (TPSA) is 104 Å². The van der Waals surface area contributed by atoms with Gasteiger partial charge in [-0.3, -0.25) is 9.48 Å². The molecule has 198 valence electrons. The summed E-state index contributed by atoms with van der Waals surface area (Å²) in [5.74, 6) is 0.0112. The second-order valence-electron chi connectivity index (χ2n) is 9.49. The lowest BCUT2D eigenvalue weighted by Gasteiger charge is -2.24. The van der Waals surface area contributed by atoms with Crippen molar-refractivity contribution in [3.63, 3.8) is 0 Å². The second kappa shape index (κ2) is 11.4. The maximum absolute atomic E-state index is 13.6. The Morgan fingerprint density at radius 2 is 2.03 bits per heavy atom. The molecule has 0 aliphatic carbocycles. The van der Waals surface area contributed by atoms with E-state index in [0.29, 0.717) is 25.2 Å². The summed E-state index contributed by atoms with van der Waals surface area (Å²) >= 11 is 0. The van der Waals surface area contributed by atoms with Gasteiger partial charge in [0.15, 0.2) is 0 Å². The number of fused-ring (bicyclic) bond motifs is 1. The molecule has 0 bridgehead atoms. The molecule has 0 radical (unpaired) electrons. The summed E-state index contributed by atoms with van der Waals surface area (Å²) in [4.78, 5) is 12.6. The van der Waals surface area contributed by atoms with Gasteiger partial charge in [0.2, 0.25) is 10.0 Å². The molecule has 0 saturated heterocycles. The van der Waals surface area contributed by atoms with E-state index in [-0.39, 0.29) is 42.4 Å². The molecular weight excluding hydrogens is 492 g/mol. The Bertz CT molecular complexity index is 1350. The van der Waals surface area contributed by atoms with Crippen molar-refractivity contribution in [2.24, 2.45) is 7.05 Å². The summed E-state index contributed by atoms with van der Waals surface area (Å²) in [6.45, 7) is 6.40. The average molecular weight is 527 g/mol. The van der Waals surface area contributed by atoms with Gasteiger partial charge < -0.3 is 9.47 Å². The van der Waals surface area contributed by atoms with E-state index < -0.39 is 10.0 Å². The highest BCUT2D eigenvalue weighted by Crippen LogP contribution is 2.33. The van der Waals surface area contributed by atoms with Crippen molar-refractivity contribution in [2.75, 3.05) is 13.2 Å². The van der Waals surface area contributed by atoms with Crippen LogP contribution in [0.4, 0.5) is 0 Å². The van der Waals surface area contributed by atoms with Crippen LogP contribution < -0.4 is 4.74 Å². The van der Waals surface area contributed by atoms with Crippen LogP contribution in [0.1, 0.15) is 55.0 Å². The Morgan fingerprint density at radius 1 is 1.24 bits per heavy atom. The Kier molecular flexibility index (Phi) is 8.29. The lowest BCUT2D eigenvalue weighted by atomic mass is 9.88. The molecule has 0 saturated carbocycles. The Balaban J connectivity index is 1.62. The van der Waals surface area contributed by atoms with Crippen LogP contribution in [0.15, 0.2) is 53.6 Å². The first-order chi connectivity index (χ1) is 17.7. The van der Waals surface area contributed by atoms with E-state index in [1.54, 1.807) is 35.9 Å². The first-order valence-electron chi connectivity index (χ1n) is 12.5. The van der Waals surface area contributed by atoms with Gasteiger partial charge in [0.1, 0.15) is 16.7 Å². The van der Waals surface area contributed by atoms with E-state index in [9.17, 15) is 13.2 Å². The molecule has 1 aromatic heterocycles. The van der Waals surface area contributed by atoms with Crippen molar-refractivity contribution in [1.29, 1.82) is 0 Å². The standard InChI is InChI=1S/C27H34N4O5S/c1-5-35-27(32)15-22(12-13-24-18-30(4)29-28-24)21-11-10-19(2)23(14-21)17-31-16-20(3)36-25-8-6-7-9-26(25)37(31,33)34/h6-11,14,18,20,22H,5,12-13,15-17H2,1-4H3/t20-,22?/m1/s1. The number of aryl methyl sites for hydroxylation is 3. The Labute approximate surface area is 218 Å². The number of ether oxygens (including phenoxy) is 2. The molecule has 9 nitrogen and oxygen atoms in total. The van der Waals surface area contributed by atoms with Crippen LogP contribution in [0.3, 0.4) is 0 Å². The fourth-order valence-corrected chi connectivity index (χ4v) is 6.25. The first kappa shape index (κ1) is 26.8. The number of hydrogen-bond acceptors (Lipinski definition) is 7. The maximum atomic E-state index is 13.6. The van der Waals surface area contributed by atoms with Crippen molar-refractivity contribution in [3.05, 3.63) is 71.0 Å². The van der Waals surface area contributed by atoms with Gasteiger partial charge in [0.25, 0.3) is 0 Å². The number of nitrogens with zero attached hydrogens (tertiary/aromatic N) is 4. The summed E-state index contributed by atoms with van der Waals surface area (Å²) in [6, 6.07) is 12.8. The van der Waals surface area contributed by atoms with Crippen LogP contribution in [-0.2, 0) is 39.6 Å². The van der Waals surface area contributed by atoms with Crippen LogP contribution in [0.2, 0.25) is 0 Å². The fraction of sp³-hybridized carbons (Fsp3) is 0.444. The molecule has 3 aromatic rings. The molecule has 0 spiro atoms. The van der Waals surface area contributed by atoms with E-state index in [1.807, 2.05) is 45.3 Å². The van der Waals surface area contributed by atoms with Crippen LogP contribution in [0.5, 0.6) is 5.75 Å². The third kappa shape index (κ3) is 6.37. The van der Waals surface area contributed by atoms with E-state index in [0.717, 1.165) is 22.4 Å². The van der Waals surface area contributed by atoms with Crippen molar-refractivity contribution in [3.8, 4) is 5.75 Å². The van der Waals surface area contributed by atoms with Gasteiger partial charge in [-0.05, 0) is 68.4 Å². The highest BCUT2D eigenvalue weighted by molar-refractivity contribution is 7.89. The largest absolute Gasteiger partial charge is 0.488 e. The minimum Gasteiger partial charge on any atom is -0.488 e. The van der Waals surface area contributed by atoms with Gasteiger partial charge in [0, 0.05) is 19.8 Å². The van der Waals surface area contributed by atoms with Gasteiger partial charge in [0.05, 0.1) is 25.3 Å². The van der Waals surface area contributed by atoms with E-state index in [2.05, 4.69) is 10.3 Å². The number of hydrogen-bond donors (Lipinski definition) is 0. The number of sulfonamides is 1. The summed E-state index contributed by atoms with van der Waals surface area (Å²) in [6.07, 6.45) is 3.14. The molecule has 1 aliphatic heterocycles. The zero-order chi connectivity index (χ0) is 26.6. The number of para-hydroxylation sites is 1. The first-order valence-corrected chi connectivity index (χ1v) is 14.0. The molecule has 0 fully saturated rings. The minimum absolute atomic E-state index is 0.107.